The van der Waals surface area contributed by atoms with Crippen molar-refractivity contribution in [2.45, 2.75) is 81.7 Å². The minimum absolute atomic E-state index is 0.00286. The Balaban J connectivity index is 1.46. The Morgan fingerprint density at radius 2 is 1.90 bits per heavy atom. The smallest absolute Gasteiger partial charge is 0.349 e. The molecule has 1 aliphatic carbocycles. The summed E-state index contributed by atoms with van der Waals surface area (Å²) in [6, 6.07) is 9.16. The molecule has 0 saturated carbocycles. The maximum absolute atomic E-state index is 13.4. The van der Waals surface area contributed by atoms with Gasteiger partial charge in [-0.15, -0.1) is 0 Å². The second-order valence-electron chi connectivity index (χ2n) is 11.4. The van der Waals surface area contributed by atoms with Gasteiger partial charge in [0, 0.05) is 44.2 Å². The van der Waals surface area contributed by atoms with Gasteiger partial charge in [0.05, 0.1) is 16.5 Å². The van der Waals surface area contributed by atoms with Crippen molar-refractivity contribution in [2.24, 2.45) is 0 Å². The fraction of sp³-hybridized carbons (Fsp3) is 0.536. The molecule has 0 spiro atoms. The molecule has 2 aromatic carbocycles. The van der Waals surface area contributed by atoms with Crippen LogP contribution >= 0.6 is 0 Å². The van der Waals surface area contributed by atoms with E-state index in [4.69, 9.17) is 0 Å². The SMILES string of the molecule is CC(C)(C)NCc1ccc2c(c1)CCC[C@H]2NC(=O)CC1CNCCN1S(=O)(=O)c1cccc(C(F)(F)F)c1. The lowest BCUT2D eigenvalue weighted by molar-refractivity contribution is -0.137. The first-order valence-electron chi connectivity index (χ1n) is 13.3. The van der Waals surface area contributed by atoms with Crippen molar-refractivity contribution >= 4 is 15.9 Å². The lowest BCUT2D eigenvalue weighted by Gasteiger charge is -2.35. The number of halogens is 3. The van der Waals surface area contributed by atoms with Gasteiger partial charge >= 0.3 is 6.18 Å². The minimum Gasteiger partial charge on any atom is -0.349 e. The van der Waals surface area contributed by atoms with E-state index in [9.17, 15) is 26.4 Å². The molecule has 2 aromatic rings. The van der Waals surface area contributed by atoms with E-state index >= 15 is 0 Å². The Hall–Kier alpha value is -2.47. The molecule has 0 radical (unpaired) electrons. The van der Waals surface area contributed by atoms with E-state index in [0.29, 0.717) is 12.6 Å². The van der Waals surface area contributed by atoms with Crippen molar-refractivity contribution in [1.29, 1.82) is 0 Å². The Labute approximate surface area is 228 Å². The van der Waals surface area contributed by atoms with Crippen LogP contribution in [0.1, 0.15) is 68.3 Å². The standard InChI is InChI=1S/C28H37F3N4O3S/c1-27(2,3)33-17-19-10-11-24-20(14-19)6-4-9-25(24)34-26(36)16-22-18-32-12-13-35(22)39(37,38)23-8-5-7-21(15-23)28(29,30)31/h5,7-8,10-11,14-15,22,25,32-33H,4,6,9,12-13,16-18H2,1-3H3,(H,34,36)/t22?,25-/m1/s1. The van der Waals surface area contributed by atoms with Crippen molar-refractivity contribution in [3.63, 3.8) is 0 Å². The van der Waals surface area contributed by atoms with E-state index < -0.39 is 32.7 Å². The predicted molar refractivity (Wildman–Crippen MR) is 143 cm³/mol. The maximum atomic E-state index is 13.4. The van der Waals surface area contributed by atoms with Crippen LogP contribution in [0.25, 0.3) is 0 Å². The maximum Gasteiger partial charge on any atom is 0.416 e. The lowest BCUT2D eigenvalue weighted by Crippen LogP contribution is -2.55. The average molecular weight is 567 g/mol. The Bertz CT molecular complexity index is 1290. The number of fused-ring (bicyclic) bond motifs is 1. The first-order chi connectivity index (χ1) is 18.2. The summed E-state index contributed by atoms with van der Waals surface area (Å²) in [7, 11) is -4.23. The van der Waals surface area contributed by atoms with Gasteiger partial charge in [-0.25, -0.2) is 8.42 Å². The first-order valence-corrected chi connectivity index (χ1v) is 14.7. The molecule has 0 aromatic heterocycles. The van der Waals surface area contributed by atoms with Crippen molar-refractivity contribution in [1.82, 2.24) is 20.3 Å². The van der Waals surface area contributed by atoms with Gasteiger partial charge in [-0.2, -0.15) is 17.5 Å². The third-order valence-electron chi connectivity index (χ3n) is 7.16. The highest BCUT2D eigenvalue weighted by Crippen LogP contribution is 2.33. The third-order valence-corrected chi connectivity index (χ3v) is 9.11. The Kier molecular flexibility index (Phi) is 8.75. The van der Waals surface area contributed by atoms with Crippen molar-refractivity contribution in [2.75, 3.05) is 19.6 Å². The van der Waals surface area contributed by atoms with Gasteiger partial charge in [-0.1, -0.05) is 24.3 Å². The second-order valence-corrected chi connectivity index (χ2v) is 13.2. The number of benzene rings is 2. The van der Waals surface area contributed by atoms with Crippen LogP contribution in [0.3, 0.4) is 0 Å². The van der Waals surface area contributed by atoms with Crippen LogP contribution in [0.5, 0.6) is 0 Å². The summed E-state index contributed by atoms with van der Waals surface area (Å²) >= 11 is 0. The predicted octanol–water partition coefficient (Wildman–Crippen LogP) is 4.14. The average Bonchev–Trinajstić information content (AvgIpc) is 2.87. The van der Waals surface area contributed by atoms with Gasteiger partial charge < -0.3 is 16.0 Å². The molecule has 1 amide bonds. The number of aryl methyl sites for hydroxylation is 1. The van der Waals surface area contributed by atoms with Crippen LogP contribution < -0.4 is 16.0 Å². The molecule has 1 saturated heterocycles. The van der Waals surface area contributed by atoms with Crippen LogP contribution in [0.4, 0.5) is 13.2 Å². The summed E-state index contributed by atoms with van der Waals surface area (Å²) in [5, 5.41) is 9.68. The fourth-order valence-corrected chi connectivity index (χ4v) is 6.83. The zero-order valence-electron chi connectivity index (χ0n) is 22.6. The zero-order chi connectivity index (χ0) is 28.4. The van der Waals surface area contributed by atoms with E-state index in [2.05, 4.69) is 54.9 Å². The molecule has 1 heterocycles. The number of hydrogen-bond acceptors (Lipinski definition) is 5. The highest BCUT2D eigenvalue weighted by molar-refractivity contribution is 7.89. The molecule has 2 atom stereocenters. The lowest BCUT2D eigenvalue weighted by atomic mass is 9.86. The molecule has 11 heteroatoms. The van der Waals surface area contributed by atoms with E-state index in [0.717, 1.165) is 53.9 Å². The number of alkyl halides is 3. The number of rotatable bonds is 7. The van der Waals surface area contributed by atoms with Crippen molar-refractivity contribution in [3.8, 4) is 0 Å². The summed E-state index contributed by atoms with van der Waals surface area (Å²) in [5.41, 5.74) is 2.43. The molecule has 0 bridgehead atoms. The first kappa shape index (κ1) is 29.5. The summed E-state index contributed by atoms with van der Waals surface area (Å²) in [5.74, 6) is -0.288. The topological polar surface area (TPSA) is 90.5 Å². The third kappa shape index (κ3) is 7.39. The van der Waals surface area contributed by atoms with E-state index in [1.54, 1.807) is 0 Å². The molecular weight excluding hydrogens is 529 g/mol. The molecule has 2 aliphatic rings. The van der Waals surface area contributed by atoms with Gasteiger partial charge in [0.25, 0.3) is 0 Å². The molecule has 1 aliphatic heterocycles. The number of hydrogen-bond donors (Lipinski definition) is 3. The summed E-state index contributed by atoms with van der Waals surface area (Å²) in [4.78, 5) is 12.7. The number of nitrogens with one attached hydrogen (secondary N) is 3. The highest BCUT2D eigenvalue weighted by Gasteiger charge is 2.37. The highest BCUT2D eigenvalue weighted by atomic mass is 32.2. The van der Waals surface area contributed by atoms with E-state index in [-0.39, 0.29) is 37.0 Å². The molecule has 7 nitrogen and oxygen atoms in total. The van der Waals surface area contributed by atoms with Gasteiger partial charge in [0.1, 0.15) is 0 Å². The van der Waals surface area contributed by atoms with Gasteiger partial charge in [0.2, 0.25) is 15.9 Å². The number of carbonyl (C=O) groups excluding carboxylic acids is 1. The van der Waals surface area contributed by atoms with Crippen LogP contribution in [-0.4, -0.2) is 49.8 Å². The number of amides is 1. The van der Waals surface area contributed by atoms with Crippen LogP contribution in [0, 0.1) is 0 Å². The monoisotopic (exact) mass is 566 g/mol. The number of nitrogens with zero attached hydrogens (tertiary/aromatic N) is 1. The molecule has 4 rings (SSSR count). The van der Waals surface area contributed by atoms with Crippen molar-refractivity contribution in [3.05, 3.63) is 64.7 Å². The number of piperazine rings is 1. The molecule has 39 heavy (non-hydrogen) atoms. The summed E-state index contributed by atoms with van der Waals surface area (Å²) < 4.78 is 67.5. The Morgan fingerprint density at radius 3 is 2.62 bits per heavy atom. The minimum atomic E-state index is -4.66. The van der Waals surface area contributed by atoms with Crippen LogP contribution in [-0.2, 0) is 34.0 Å². The number of carbonyl (C=O) groups is 1. The molecule has 1 unspecified atom stereocenters. The molecule has 1 fully saturated rings. The molecular formula is C28H37F3N4O3S. The van der Waals surface area contributed by atoms with E-state index in [1.165, 1.54) is 11.1 Å². The number of sulfonamides is 1. The van der Waals surface area contributed by atoms with Crippen LogP contribution in [0.2, 0.25) is 0 Å². The zero-order valence-corrected chi connectivity index (χ0v) is 23.4. The second kappa shape index (κ2) is 11.6. The fourth-order valence-electron chi connectivity index (χ4n) is 5.16. The van der Waals surface area contributed by atoms with Gasteiger partial charge in [-0.3, -0.25) is 4.79 Å². The van der Waals surface area contributed by atoms with E-state index in [1.807, 2.05) is 0 Å². The normalized spacial score (nSPS) is 20.9. The summed E-state index contributed by atoms with van der Waals surface area (Å²) in [6.07, 6.45) is -2.11. The quantitative estimate of drug-likeness (QED) is 0.469. The van der Waals surface area contributed by atoms with Gasteiger partial charge in [-0.05, 0) is 74.9 Å². The molecule has 3 N–H and O–H groups in total. The van der Waals surface area contributed by atoms with Gasteiger partial charge in [0.15, 0.2) is 0 Å². The Morgan fingerprint density at radius 1 is 1.13 bits per heavy atom. The van der Waals surface area contributed by atoms with Crippen LogP contribution in [0.15, 0.2) is 47.4 Å². The van der Waals surface area contributed by atoms with Crippen molar-refractivity contribution < 1.29 is 26.4 Å². The largest absolute Gasteiger partial charge is 0.416 e. The molecule has 214 valence electrons. The summed E-state index contributed by atoms with van der Waals surface area (Å²) in [6.45, 7) is 7.74.